The van der Waals surface area contributed by atoms with Crippen molar-refractivity contribution in [1.29, 1.82) is 0 Å². The first-order valence-corrected chi connectivity index (χ1v) is 6.12. The van der Waals surface area contributed by atoms with Gasteiger partial charge in [0.1, 0.15) is 5.15 Å². The summed E-state index contributed by atoms with van der Waals surface area (Å²) in [5.74, 6) is 0.500. The third kappa shape index (κ3) is 1.82. The van der Waals surface area contributed by atoms with E-state index in [1.54, 1.807) is 30.3 Å². The fourth-order valence-electron chi connectivity index (χ4n) is 1.61. The number of aromatic nitrogens is 4. The third-order valence-corrected chi connectivity index (χ3v) is 3.44. The molecule has 7 heteroatoms. The summed E-state index contributed by atoms with van der Waals surface area (Å²) in [4.78, 5) is 0. The van der Waals surface area contributed by atoms with E-state index in [2.05, 4.69) is 15.3 Å². The van der Waals surface area contributed by atoms with Gasteiger partial charge >= 0.3 is 0 Å². The highest BCUT2D eigenvalue weighted by molar-refractivity contribution is 6.43. The van der Waals surface area contributed by atoms with Gasteiger partial charge in [-0.2, -0.15) is 9.61 Å². The molecule has 2 aromatic heterocycles. The van der Waals surface area contributed by atoms with Gasteiger partial charge in [-0.25, -0.2) is 0 Å². The van der Waals surface area contributed by atoms with Crippen molar-refractivity contribution in [1.82, 2.24) is 19.8 Å². The Labute approximate surface area is 117 Å². The molecule has 0 spiro atoms. The Balaban J connectivity index is 2.32. The highest BCUT2D eigenvalue weighted by Gasteiger charge is 2.14. The molecule has 0 aliphatic heterocycles. The van der Waals surface area contributed by atoms with Crippen molar-refractivity contribution in [2.75, 3.05) is 0 Å². The average molecular weight is 300 g/mol. The number of nitrogens with zero attached hydrogens (tertiary/aromatic N) is 4. The molecule has 0 fully saturated rings. The molecule has 0 amide bonds. The number of hydrogen-bond donors (Lipinski definition) is 0. The number of hydrogen-bond acceptors (Lipinski definition) is 3. The van der Waals surface area contributed by atoms with Crippen molar-refractivity contribution in [2.45, 2.75) is 0 Å². The maximum Gasteiger partial charge on any atom is 0.186 e. The second kappa shape index (κ2) is 4.39. The summed E-state index contributed by atoms with van der Waals surface area (Å²) in [6.07, 6.45) is 0. The molecule has 0 aliphatic rings. The molecule has 3 aromatic rings. The van der Waals surface area contributed by atoms with Gasteiger partial charge in [-0.15, -0.1) is 10.2 Å². The number of rotatable bonds is 1. The molecule has 0 radical (unpaired) electrons. The molecule has 18 heavy (non-hydrogen) atoms. The van der Waals surface area contributed by atoms with Gasteiger partial charge in [-0.05, 0) is 24.3 Å². The minimum Gasteiger partial charge on any atom is -0.191 e. The van der Waals surface area contributed by atoms with Crippen LogP contribution in [0.5, 0.6) is 0 Å². The first kappa shape index (κ1) is 11.7. The second-order valence-corrected chi connectivity index (χ2v) is 4.72. The molecule has 3 rings (SSSR count). The lowest BCUT2D eigenvalue weighted by molar-refractivity contribution is 0.936. The van der Waals surface area contributed by atoms with E-state index in [1.165, 1.54) is 4.52 Å². The molecule has 0 bridgehead atoms. The van der Waals surface area contributed by atoms with Crippen LogP contribution in [-0.2, 0) is 0 Å². The summed E-state index contributed by atoms with van der Waals surface area (Å²) in [6.45, 7) is 0. The minimum atomic E-state index is 0.349. The smallest absolute Gasteiger partial charge is 0.186 e. The van der Waals surface area contributed by atoms with E-state index in [4.69, 9.17) is 34.8 Å². The molecule has 0 saturated heterocycles. The molecule has 4 nitrogen and oxygen atoms in total. The molecule has 0 aliphatic carbocycles. The van der Waals surface area contributed by atoms with Crippen molar-refractivity contribution >= 4 is 40.4 Å². The van der Waals surface area contributed by atoms with Crippen LogP contribution in [0.3, 0.4) is 0 Å². The Morgan fingerprint density at radius 1 is 0.944 bits per heavy atom. The van der Waals surface area contributed by atoms with Crippen LogP contribution >= 0.6 is 34.8 Å². The lowest BCUT2D eigenvalue weighted by Gasteiger charge is -2.03. The maximum atomic E-state index is 6.15. The monoisotopic (exact) mass is 298 g/mol. The lowest BCUT2D eigenvalue weighted by Crippen LogP contribution is -1.95. The number of fused-ring (bicyclic) bond motifs is 1. The van der Waals surface area contributed by atoms with Crippen molar-refractivity contribution in [3.63, 3.8) is 0 Å². The molecule has 1 aromatic carbocycles. The summed E-state index contributed by atoms with van der Waals surface area (Å²) >= 11 is 18.0. The van der Waals surface area contributed by atoms with E-state index >= 15 is 0 Å². The molecular formula is C11H5Cl3N4. The van der Waals surface area contributed by atoms with Gasteiger partial charge in [0.05, 0.1) is 10.0 Å². The van der Waals surface area contributed by atoms with Crippen molar-refractivity contribution in [3.8, 4) is 11.4 Å². The van der Waals surface area contributed by atoms with E-state index in [0.29, 0.717) is 32.2 Å². The lowest BCUT2D eigenvalue weighted by atomic mass is 10.2. The summed E-state index contributed by atoms with van der Waals surface area (Å²) in [7, 11) is 0. The zero-order valence-corrected chi connectivity index (χ0v) is 11.1. The predicted molar refractivity (Wildman–Crippen MR) is 71.2 cm³/mol. The van der Waals surface area contributed by atoms with Crippen molar-refractivity contribution < 1.29 is 0 Å². The van der Waals surface area contributed by atoms with Crippen LogP contribution in [0, 0.1) is 0 Å². The standard InChI is InChI=1S/C11H5Cl3N4/c12-7-3-1-2-6(10(7)14)11-16-15-9-5-4-8(13)17-18(9)11/h1-5H. The highest BCUT2D eigenvalue weighted by Crippen LogP contribution is 2.32. The zero-order chi connectivity index (χ0) is 12.7. The van der Waals surface area contributed by atoms with Gasteiger partial charge in [-0.1, -0.05) is 40.9 Å². The first-order valence-electron chi connectivity index (χ1n) is 4.99. The van der Waals surface area contributed by atoms with Crippen molar-refractivity contribution in [3.05, 3.63) is 45.5 Å². The zero-order valence-electron chi connectivity index (χ0n) is 8.81. The molecule has 0 atom stereocenters. The Morgan fingerprint density at radius 3 is 2.61 bits per heavy atom. The van der Waals surface area contributed by atoms with Gasteiger partial charge < -0.3 is 0 Å². The molecular weight excluding hydrogens is 295 g/mol. The minimum absolute atomic E-state index is 0.349. The second-order valence-electron chi connectivity index (χ2n) is 3.55. The molecule has 0 N–H and O–H groups in total. The topological polar surface area (TPSA) is 43.1 Å². The summed E-state index contributed by atoms with van der Waals surface area (Å²) in [5.41, 5.74) is 1.25. The highest BCUT2D eigenvalue weighted by atomic mass is 35.5. The van der Waals surface area contributed by atoms with Crippen molar-refractivity contribution in [2.24, 2.45) is 0 Å². The fraction of sp³-hybridized carbons (Fsp3) is 0. The third-order valence-electron chi connectivity index (χ3n) is 2.42. The summed E-state index contributed by atoms with van der Waals surface area (Å²) in [5, 5.41) is 13.4. The number of benzene rings is 1. The van der Waals surface area contributed by atoms with Crippen LogP contribution in [-0.4, -0.2) is 19.8 Å². The van der Waals surface area contributed by atoms with Crippen LogP contribution in [0.1, 0.15) is 0 Å². The Hall–Kier alpha value is -1.36. The predicted octanol–water partition coefficient (Wildman–Crippen LogP) is 3.75. The summed E-state index contributed by atoms with van der Waals surface area (Å²) in [6, 6.07) is 8.67. The van der Waals surface area contributed by atoms with Gasteiger partial charge in [0, 0.05) is 5.56 Å². The van der Waals surface area contributed by atoms with Crippen LogP contribution in [0.15, 0.2) is 30.3 Å². The Bertz CT molecular complexity index is 738. The fourth-order valence-corrected chi connectivity index (χ4v) is 2.13. The molecule has 0 unspecified atom stereocenters. The largest absolute Gasteiger partial charge is 0.191 e. The number of halogens is 3. The Kier molecular flexibility index (Phi) is 2.86. The first-order chi connectivity index (χ1) is 8.66. The van der Waals surface area contributed by atoms with Gasteiger partial charge in [0.2, 0.25) is 0 Å². The van der Waals surface area contributed by atoms with Crippen LogP contribution in [0.2, 0.25) is 15.2 Å². The molecule has 2 heterocycles. The van der Waals surface area contributed by atoms with E-state index in [-0.39, 0.29) is 0 Å². The SMILES string of the molecule is Clc1ccc2nnc(-c3cccc(Cl)c3Cl)n2n1. The molecule has 0 saturated carbocycles. The maximum absolute atomic E-state index is 6.15. The van der Waals surface area contributed by atoms with E-state index in [0.717, 1.165) is 0 Å². The van der Waals surface area contributed by atoms with Gasteiger partial charge in [-0.3, -0.25) is 0 Å². The van der Waals surface area contributed by atoms with Gasteiger partial charge in [0.15, 0.2) is 11.5 Å². The molecule has 90 valence electrons. The quantitative estimate of drug-likeness (QED) is 0.687. The average Bonchev–Trinajstić information content (AvgIpc) is 2.75. The van der Waals surface area contributed by atoms with Crippen LogP contribution < -0.4 is 0 Å². The Morgan fingerprint density at radius 2 is 1.78 bits per heavy atom. The van der Waals surface area contributed by atoms with E-state index in [9.17, 15) is 0 Å². The van der Waals surface area contributed by atoms with Gasteiger partial charge in [0.25, 0.3) is 0 Å². The van der Waals surface area contributed by atoms with Crippen LogP contribution in [0.25, 0.3) is 17.0 Å². The summed E-state index contributed by atoms with van der Waals surface area (Å²) < 4.78 is 1.53. The normalized spacial score (nSPS) is 11.1. The van der Waals surface area contributed by atoms with E-state index in [1.807, 2.05) is 0 Å². The van der Waals surface area contributed by atoms with Crippen LogP contribution in [0.4, 0.5) is 0 Å². The van der Waals surface area contributed by atoms with E-state index < -0.39 is 0 Å².